The van der Waals surface area contributed by atoms with E-state index in [1.54, 1.807) is 0 Å². The molecule has 7 heteroatoms. The molecule has 0 aromatic rings. The van der Waals surface area contributed by atoms with Gasteiger partial charge in [-0.05, 0) is 0 Å². The quantitative estimate of drug-likeness (QED) is 0.386. The maximum atomic E-state index is 8.65. The average molecular weight is 403 g/mol. The minimum absolute atomic E-state index is 0. The summed E-state index contributed by atoms with van der Waals surface area (Å²) in [6.45, 7) is 0. The Labute approximate surface area is 83.8 Å². The zero-order chi connectivity index (χ0) is 4.50. The molecular formula is H2BaO5W. The van der Waals surface area contributed by atoms with Gasteiger partial charge in [0.1, 0.15) is 0 Å². The van der Waals surface area contributed by atoms with Gasteiger partial charge in [-0.25, -0.2) is 0 Å². The second-order valence-electron chi connectivity index (χ2n) is 0.408. The molecule has 0 spiro atoms. The molecule has 2 N–H and O–H groups in total. The molecule has 0 fully saturated rings. The fraction of sp³-hybridized carbons (Fsp3) is 0. The molecular weight excluding hydrogens is 401 g/mol. The van der Waals surface area contributed by atoms with Crippen LogP contribution in [0.2, 0.25) is 0 Å². The van der Waals surface area contributed by atoms with Gasteiger partial charge in [-0.2, -0.15) is 0 Å². The molecule has 0 bridgehead atoms. The van der Waals surface area contributed by atoms with Gasteiger partial charge in [0.2, 0.25) is 0 Å². The van der Waals surface area contributed by atoms with Crippen molar-refractivity contribution in [2.45, 2.75) is 0 Å². The van der Waals surface area contributed by atoms with Gasteiger partial charge in [0, 0.05) is 0 Å². The first-order valence-electron chi connectivity index (χ1n) is 0.667. The van der Waals surface area contributed by atoms with Crippen molar-refractivity contribution in [2.24, 2.45) is 0 Å². The third-order valence-corrected chi connectivity index (χ3v) is 0. The zero-order valence-corrected chi connectivity index (χ0v) is 10.6. The molecule has 0 aliphatic rings. The summed E-state index contributed by atoms with van der Waals surface area (Å²) < 4.78 is 34.6. The first-order valence-corrected chi connectivity index (χ1v) is 5.46. The molecule has 0 unspecified atom stereocenters. The molecule has 0 aliphatic carbocycles. The van der Waals surface area contributed by atoms with Crippen LogP contribution in [-0.2, 0) is 23.5 Å². The van der Waals surface area contributed by atoms with Gasteiger partial charge in [0.05, 0.1) is 0 Å². The summed E-state index contributed by atoms with van der Waals surface area (Å²) in [7, 11) is 0. The van der Waals surface area contributed by atoms with Crippen molar-refractivity contribution < 1.29 is 36.5 Å². The van der Waals surface area contributed by atoms with Gasteiger partial charge < -0.3 is 5.48 Å². The molecule has 0 saturated carbocycles. The molecule has 0 atom stereocenters. The van der Waals surface area contributed by atoms with E-state index in [0.717, 1.165) is 0 Å². The van der Waals surface area contributed by atoms with Crippen molar-refractivity contribution in [3.8, 4) is 0 Å². The van der Waals surface area contributed by atoms with Crippen LogP contribution in [0.4, 0.5) is 0 Å². The van der Waals surface area contributed by atoms with E-state index in [-0.39, 0.29) is 54.4 Å². The van der Waals surface area contributed by atoms with Crippen molar-refractivity contribution in [1.82, 2.24) is 0 Å². The van der Waals surface area contributed by atoms with Crippen molar-refractivity contribution in [1.29, 1.82) is 0 Å². The van der Waals surface area contributed by atoms with Crippen LogP contribution in [0.3, 0.4) is 0 Å². The number of rotatable bonds is 0. The van der Waals surface area contributed by atoms with Crippen LogP contribution in [0.1, 0.15) is 0 Å². The first kappa shape index (κ1) is 15.9. The molecule has 0 radical (unpaired) electrons. The fourth-order valence-electron chi connectivity index (χ4n) is 0. The molecule has 0 saturated heterocycles. The van der Waals surface area contributed by atoms with E-state index in [1.165, 1.54) is 0 Å². The fourth-order valence-corrected chi connectivity index (χ4v) is 0. The summed E-state index contributed by atoms with van der Waals surface area (Å²) in [6, 6.07) is 0. The van der Waals surface area contributed by atoms with Crippen LogP contribution in [0.5, 0.6) is 0 Å². The second-order valence-corrected chi connectivity index (χ2v) is 3.34. The van der Waals surface area contributed by atoms with Gasteiger partial charge >= 0.3 is 79.9 Å². The monoisotopic (exact) mass is 404 g/mol. The molecule has 0 heterocycles. The summed E-state index contributed by atoms with van der Waals surface area (Å²) in [5.41, 5.74) is 0. The molecule has 7 heavy (non-hydrogen) atoms. The van der Waals surface area contributed by atoms with Crippen LogP contribution in [0.15, 0.2) is 0 Å². The topological polar surface area (TPSA) is 112 Å². The zero-order valence-electron chi connectivity index (χ0n) is 3.25. The van der Waals surface area contributed by atoms with E-state index in [2.05, 4.69) is 0 Å². The van der Waals surface area contributed by atoms with Crippen LogP contribution in [0, 0.1) is 0 Å². The van der Waals surface area contributed by atoms with E-state index in [9.17, 15) is 0 Å². The standard InChI is InChI=1S/Ba.H2O.4O.W/h;1H2;;;;;/q+2;;;;2*-1;. The molecule has 0 aromatic carbocycles. The predicted octanol–water partition coefficient (Wildman–Crippen LogP) is -3.82. The van der Waals surface area contributed by atoms with E-state index in [4.69, 9.17) is 14.3 Å². The summed E-state index contributed by atoms with van der Waals surface area (Å²) in [4.78, 5) is 0. The summed E-state index contributed by atoms with van der Waals surface area (Å²) in [5, 5.41) is 0. The third-order valence-electron chi connectivity index (χ3n) is 0. The van der Waals surface area contributed by atoms with Crippen LogP contribution in [-0.4, -0.2) is 54.4 Å². The third kappa shape index (κ3) is 84.2. The number of hydrogen-bond donors (Lipinski definition) is 0. The molecule has 0 aliphatic heterocycles. The van der Waals surface area contributed by atoms with E-state index in [1.807, 2.05) is 0 Å². The van der Waals surface area contributed by atoms with E-state index in [0.29, 0.717) is 0 Å². The SMILES string of the molecule is O.[Ba+2].[O]=[W](=[O])([O-])[O-]. The molecule has 5 nitrogen and oxygen atoms in total. The first-order chi connectivity index (χ1) is 2.00. The van der Waals surface area contributed by atoms with Crippen molar-refractivity contribution in [3.05, 3.63) is 0 Å². The summed E-state index contributed by atoms with van der Waals surface area (Å²) in [5.74, 6) is 0. The van der Waals surface area contributed by atoms with Crippen LogP contribution < -0.4 is 7.52 Å². The summed E-state index contributed by atoms with van der Waals surface area (Å²) in [6.07, 6.45) is 0. The molecule has 40 valence electrons. The Morgan fingerprint density at radius 1 is 1.14 bits per heavy atom. The molecule has 0 aromatic heterocycles. The van der Waals surface area contributed by atoms with Gasteiger partial charge in [0.25, 0.3) is 0 Å². The van der Waals surface area contributed by atoms with Crippen LogP contribution in [0.25, 0.3) is 0 Å². The Morgan fingerprint density at radius 2 is 1.14 bits per heavy atom. The van der Waals surface area contributed by atoms with Gasteiger partial charge in [0.15, 0.2) is 0 Å². The Hall–Kier alpha value is 1.74. The Balaban J connectivity index is -0.0000000800. The van der Waals surface area contributed by atoms with Crippen molar-refractivity contribution >= 4 is 48.9 Å². The van der Waals surface area contributed by atoms with Crippen LogP contribution >= 0.6 is 0 Å². The van der Waals surface area contributed by atoms with Gasteiger partial charge in [-0.15, -0.1) is 0 Å². The van der Waals surface area contributed by atoms with E-state index < -0.39 is 16.7 Å². The summed E-state index contributed by atoms with van der Waals surface area (Å²) >= 11 is -6.17. The Bertz CT molecular complexity index is 91.2. The van der Waals surface area contributed by atoms with E-state index >= 15 is 0 Å². The number of hydrogen-bond acceptors (Lipinski definition) is 4. The predicted molar refractivity (Wildman–Crippen MR) is 10.7 cm³/mol. The second kappa shape index (κ2) is 5.87. The van der Waals surface area contributed by atoms with Gasteiger partial charge in [-0.3, -0.25) is 0 Å². The molecule has 0 rings (SSSR count). The normalized spacial score (nSPS) is 8.29. The maximum absolute atomic E-state index is 8.65. The van der Waals surface area contributed by atoms with Crippen molar-refractivity contribution in [3.63, 3.8) is 0 Å². The molecule has 0 amide bonds. The van der Waals surface area contributed by atoms with Crippen molar-refractivity contribution in [2.75, 3.05) is 0 Å². The Morgan fingerprint density at radius 3 is 1.14 bits per heavy atom. The Kier molecular flexibility index (Phi) is 13.3. The average Bonchev–Trinajstić information content (AvgIpc) is 0.722. The minimum atomic E-state index is -6.17. The van der Waals surface area contributed by atoms with Gasteiger partial charge in [-0.1, -0.05) is 0 Å².